The maximum absolute atomic E-state index is 12.9. The second kappa shape index (κ2) is 8.82. The summed E-state index contributed by atoms with van der Waals surface area (Å²) in [7, 11) is 0. The van der Waals surface area contributed by atoms with Gasteiger partial charge >= 0.3 is 0 Å². The van der Waals surface area contributed by atoms with Gasteiger partial charge in [0.25, 0.3) is 5.91 Å². The van der Waals surface area contributed by atoms with Crippen molar-refractivity contribution >= 4 is 11.7 Å². The van der Waals surface area contributed by atoms with Crippen molar-refractivity contribution < 1.29 is 9.18 Å². The Bertz CT molecular complexity index is 631. The third kappa shape index (κ3) is 5.65. The topological polar surface area (TPSA) is 66.9 Å². The summed E-state index contributed by atoms with van der Waals surface area (Å²) in [5, 5.41) is 5.94. The average molecular weight is 316 g/mol. The Labute approximate surface area is 135 Å². The van der Waals surface area contributed by atoms with Gasteiger partial charge < -0.3 is 10.6 Å². The second-order valence-corrected chi connectivity index (χ2v) is 5.23. The largest absolute Gasteiger partial charge is 0.366 e. The molecule has 0 aliphatic carbocycles. The van der Waals surface area contributed by atoms with Gasteiger partial charge in [-0.2, -0.15) is 0 Å². The molecule has 0 radical (unpaired) electrons. The summed E-state index contributed by atoms with van der Waals surface area (Å²) in [6.07, 6.45) is 4.52. The number of carbonyl (C=O) groups excluding carboxylic acids is 1. The molecule has 0 aliphatic rings. The van der Waals surface area contributed by atoms with Crippen molar-refractivity contribution in [2.45, 2.75) is 32.7 Å². The lowest BCUT2D eigenvalue weighted by atomic mass is 10.2. The van der Waals surface area contributed by atoms with Crippen molar-refractivity contribution in [2.75, 3.05) is 11.9 Å². The molecule has 1 aromatic heterocycles. The Balaban J connectivity index is 1.88. The van der Waals surface area contributed by atoms with Gasteiger partial charge in [0.05, 0.1) is 0 Å². The number of rotatable bonds is 8. The van der Waals surface area contributed by atoms with E-state index in [9.17, 15) is 9.18 Å². The van der Waals surface area contributed by atoms with E-state index in [0.29, 0.717) is 24.6 Å². The van der Waals surface area contributed by atoms with Crippen LogP contribution in [0, 0.1) is 5.82 Å². The molecule has 122 valence electrons. The molecule has 6 heteroatoms. The van der Waals surface area contributed by atoms with Gasteiger partial charge in [-0.05, 0) is 24.1 Å². The Hall–Kier alpha value is -2.50. The van der Waals surface area contributed by atoms with Crippen LogP contribution in [0.5, 0.6) is 0 Å². The van der Waals surface area contributed by atoms with E-state index in [1.807, 2.05) is 0 Å². The molecule has 2 rings (SSSR count). The number of hydrogen-bond donors (Lipinski definition) is 2. The van der Waals surface area contributed by atoms with Crippen molar-refractivity contribution in [3.63, 3.8) is 0 Å². The third-order valence-electron chi connectivity index (χ3n) is 3.35. The zero-order valence-corrected chi connectivity index (χ0v) is 13.2. The van der Waals surface area contributed by atoms with E-state index < -0.39 is 0 Å². The zero-order chi connectivity index (χ0) is 16.5. The smallest absolute Gasteiger partial charge is 0.270 e. The van der Waals surface area contributed by atoms with Crippen LogP contribution in [0.15, 0.2) is 36.7 Å². The Morgan fingerprint density at radius 3 is 2.70 bits per heavy atom. The van der Waals surface area contributed by atoms with E-state index in [4.69, 9.17) is 0 Å². The molecular weight excluding hydrogens is 295 g/mol. The maximum Gasteiger partial charge on any atom is 0.270 e. The summed E-state index contributed by atoms with van der Waals surface area (Å²) in [5.41, 5.74) is 1.26. The summed E-state index contributed by atoms with van der Waals surface area (Å²) in [6, 6.07) is 7.83. The quantitative estimate of drug-likeness (QED) is 0.734. The van der Waals surface area contributed by atoms with Crippen LogP contribution < -0.4 is 10.6 Å². The number of hydrogen-bond acceptors (Lipinski definition) is 4. The van der Waals surface area contributed by atoms with Crippen LogP contribution in [0.2, 0.25) is 0 Å². The molecule has 5 nitrogen and oxygen atoms in total. The first-order valence-electron chi connectivity index (χ1n) is 7.77. The Kier molecular flexibility index (Phi) is 6.47. The van der Waals surface area contributed by atoms with Gasteiger partial charge in [-0.15, -0.1) is 0 Å². The average Bonchev–Trinajstić information content (AvgIpc) is 2.58. The zero-order valence-electron chi connectivity index (χ0n) is 13.2. The lowest BCUT2D eigenvalue weighted by Gasteiger charge is -2.08. The van der Waals surface area contributed by atoms with Crippen LogP contribution >= 0.6 is 0 Å². The van der Waals surface area contributed by atoms with Crippen LogP contribution in [0.3, 0.4) is 0 Å². The number of amides is 1. The molecule has 2 N–H and O–H groups in total. The van der Waals surface area contributed by atoms with Crippen molar-refractivity contribution in [1.82, 2.24) is 15.3 Å². The van der Waals surface area contributed by atoms with Gasteiger partial charge in [0.2, 0.25) is 0 Å². The lowest BCUT2D eigenvalue weighted by Crippen LogP contribution is -2.25. The number of benzene rings is 1. The normalized spacial score (nSPS) is 10.3. The highest BCUT2D eigenvalue weighted by atomic mass is 19.1. The van der Waals surface area contributed by atoms with Crippen molar-refractivity contribution in [2.24, 2.45) is 0 Å². The first-order chi connectivity index (χ1) is 11.2. The van der Waals surface area contributed by atoms with Crippen LogP contribution in [-0.2, 0) is 6.54 Å². The Morgan fingerprint density at radius 1 is 1.17 bits per heavy atom. The van der Waals surface area contributed by atoms with E-state index in [-0.39, 0.29) is 11.7 Å². The number of aromatic nitrogens is 2. The minimum absolute atomic E-state index is 0.201. The molecule has 2 aromatic rings. The minimum atomic E-state index is -0.266. The van der Waals surface area contributed by atoms with E-state index in [1.165, 1.54) is 18.5 Å². The van der Waals surface area contributed by atoms with Gasteiger partial charge in [-0.1, -0.05) is 31.9 Å². The number of carbonyl (C=O) groups is 1. The van der Waals surface area contributed by atoms with Gasteiger partial charge in [0.15, 0.2) is 0 Å². The van der Waals surface area contributed by atoms with E-state index >= 15 is 0 Å². The highest BCUT2D eigenvalue weighted by Gasteiger charge is 2.08. The summed E-state index contributed by atoms with van der Waals surface area (Å²) < 4.78 is 12.9. The molecule has 1 aromatic carbocycles. The van der Waals surface area contributed by atoms with Crippen molar-refractivity contribution in [1.29, 1.82) is 0 Å². The number of anilines is 1. The maximum atomic E-state index is 12.9. The van der Waals surface area contributed by atoms with Crippen LogP contribution in [0.4, 0.5) is 10.2 Å². The molecule has 0 saturated carbocycles. The fourth-order valence-electron chi connectivity index (χ4n) is 2.04. The predicted molar refractivity (Wildman–Crippen MR) is 87.6 cm³/mol. The molecular formula is C17H21FN4O. The molecule has 0 aliphatic heterocycles. The molecule has 1 heterocycles. The minimum Gasteiger partial charge on any atom is -0.366 e. The Morgan fingerprint density at radius 2 is 1.96 bits per heavy atom. The summed E-state index contributed by atoms with van der Waals surface area (Å²) in [4.78, 5) is 20.1. The molecule has 0 unspecified atom stereocenters. The SMILES string of the molecule is CCCCCNC(=O)c1cc(NCc2ccc(F)cc2)ncn1. The van der Waals surface area contributed by atoms with Crippen molar-refractivity contribution in [3.8, 4) is 0 Å². The van der Waals surface area contributed by atoms with Crippen LogP contribution in [-0.4, -0.2) is 22.4 Å². The number of nitrogens with one attached hydrogen (secondary N) is 2. The fraction of sp³-hybridized carbons (Fsp3) is 0.353. The number of nitrogens with zero attached hydrogens (tertiary/aromatic N) is 2. The summed E-state index contributed by atoms with van der Waals surface area (Å²) >= 11 is 0. The van der Waals surface area contributed by atoms with Gasteiger partial charge in [0, 0.05) is 19.2 Å². The summed E-state index contributed by atoms with van der Waals surface area (Å²) in [6.45, 7) is 3.26. The van der Waals surface area contributed by atoms with Gasteiger partial charge in [0.1, 0.15) is 23.7 Å². The summed E-state index contributed by atoms with van der Waals surface area (Å²) in [5.74, 6) is 0.0918. The van der Waals surface area contributed by atoms with E-state index in [0.717, 1.165) is 24.8 Å². The molecule has 23 heavy (non-hydrogen) atoms. The second-order valence-electron chi connectivity index (χ2n) is 5.23. The molecule has 0 saturated heterocycles. The first kappa shape index (κ1) is 16.9. The first-order valence-corrected chi connectivity index (χ1v) is 7.77. The van der Waals surface area contributed by atoms with E-state index in [1.54, 1.807) is 18.2 Å². The lowest BCUT2D eigenvalue weighted by molar-refractivity contribution is 0.0948. The molecule has 0 atom stereocenters. The van der Waals surface area contributed by atoms with Crippen LogP contribution in [0.25, 0.3) is 0 Å². The fourth-order valence-corrected chi connectivity index (χ4v) is 2.04. The molecule has 1 amide bonds. The number of unbranched alkanes of at least 4 members (excludes halogenated alkanes) is 2. The third-order valence-corrected chi connectivity index (χ3v) is 3.35. The molecule has 0 bridgehead atoms. The standard InChI is InChI=1S/C17H21FN4O/c1-2-3-4-9-19-17(23)15-10-16(22-12-21-15)20-11-13-5-7-14(18)8-6-13/h5-8,10,12H,2-4,9,11H2,1H3,(H,19,23)(H,20,21,22). The van der Waals surface area contributed by atoms with Gasteiger partial charge in [-0.3, -0.25) is 4.79 Å². The van der Waals surface area contributed by atoms with Gasteiger partial charge in [-0.25, -0.2) is 14.4 Å². The highest BCUT2D eigenvalue weighted by molar-refractivity contribution is 5.92. The van der Waals surface area contributed by atoms with E-state index in [2.05, 4.69) is 27.5 Å². The highest BCUT2D eigenvalue weighted by Crippen LogP contribution is 2.08. The molecule has 0 fully saturated rings. The van der Waals surface area contributed by atoms with Crippen molar-refractivity contribution in [3.05, 3.63) is 53.7 Å². The van der Waals surface area contributed by atoms with Crippen LogP contribution in [0.1, 0.15) is 42.2 Å². The predicted octanol–water partition coefficient (Wildman–Crippen LogP) is 3.15. The number of halogens is 1. The molecule has 0 spiro atoms. The monoisotopic (exact) mass is 316 g/mol.